The third-order valence-electron chi connectivity index (χ3n) is 3.61. The molecule has 1 aromatic carbocycles. The summed E-state index contributed by atoms with van der Waals surface area (Å²) in [7, 11) is -3.28. The Kier molecular flexibility index (Phi) is 4.28. The van der Waals surface area contributed by atoms with E-state index in [1.54, 1.807) is 4.31 Å². The van der Waals surface area contributed by atoms with E-state index < -0.39 is 10.0 Å². The van der Waals surface area contributed by atoms with Crippen molar-refractivity contribution < 1.29 is 13.2 Å². The largest absolute Gasteiger partial charge is 0.375 e. The van der Waals surface area contributed by atoms with Gasteiger partial charge in [0.25, 0.3) is 0 Å². The summed E-state index contributed by atoms with van der Waals surface area (Å²) in [5, 5.41) is 0. The minimum atomic E-state index is -3.28. The van der Waals surface area contributed by atoms with Gasteiger partial charge in [-0.1, -0.05) is 29.8 Å². The minimum Gasteiger partial charge on any atom is -0.375 e. The monoisotopic (exact) mass is 283 g/mol. The number of nitrogens with zero attached hydrogens (tertiary/aromatic N) is 1. The normalized spacial score (nSPS) is 25.4. The number of benzene rings is 1. The van der Waals surface area contributed by atoms with Crippen LogP contribution in [-0.2, 0) is 20.5 Å². The Bertz CT molecular complexity index is 541. The predicted octanol–water partition coefficient (Wildman–Crippen LogP) is 1.93. The first kappa shape index (κ1) is 14.5. The molecule has 0 radical (unpaired) electrons. The Hall–Kier alpha value is -0.910. The fraction of sp³-hybridized carbons (Fsp3) is 0.571. The molecule has 19 heavy (non-hydrogen) atoms. The molecule has 2 atom stereocenters. The summed E-state index contributed by atoms with van der Waals surface area (Å²) in [5.74, 6) is 0.0612. The average Bonchev–Trinajstić information content (AvgIpc) is 2.32. The van der Waals surface area contributed by atoms with Crippen LogP contribution >= 0.6 is 0 Å². The van der Waals surface area contributed by atoms with Gasteiger partial charge in [-0.2, -0.15) is 4.31 Å². The molecular weight excluding hydrogens is 262 g/mol. The number of sulfonamides is 1. The topological polar surface area (TPSA) is 46.6 Å². The standard InChI is InChI=1S/C14H21NO3S/c1-11-5-4-6-14(9-11)10-19(16,17)15-7-8-18-13(3)12(15)2/h4-6,9,12-13H,7-8,10H2,1-3H3. The first-order chi connectivity index (χ1) is 8.90. The molecule has 1 heterocycles. The molecule has 0 aromatic heterocycles. The van der Waals surface area contributed by atoms with Gasteiger partial charge in [-0.3, -0.25) is 0 Å². The Balaban J connectivity index is 2.18. The van der Waals surface area contributed by atoms with E-state index >= 15 is 0 Å². The second-order valence-electron chi connectivity index (χ2n) is 5.17. The van der Waals surface area contributed by atoms with Crippen LogP contribution in [0.1, 0.15) is 25.0 Å². The average molecular weight is 283 g/mol. The Morgan fingerprint density at radius 1 is 1.37 bits per heavy atom. The van der Waals surface area contributed by atoms with E-state index in [2.05, 4.69) is 0 Å². The third-order valence-corrected chi connectivity index (χ3v) is 5.54. The van der Waals surface area contributed by atoms with Crippen LogP contribution in [0, 0.1) is 6.92 Å². The van der Waals surface area contributed by atoms with Gasteiger partial charge in [0.15, 0.2) is 0 Å². The van der Waals surface area contributed by atoms with Crippen LogP contribution in [0.25, 0.3) is 0 Å². The zero-order valence-electron chi connectivity index (χ0n) is 11.7. The Morgan fingerprint density at radius 2 is 2.11 bits per heavy atom. The van der Waals surface area contributed by atoms with Crippen LogP contribution in [0.4, 0.5) is 0 Å². The van der Waals surface area contributed by atoms with E-state index in [-0.39, 0.29) is 17.9 Å². The fourth-order valence-electron chi connectivity index (χ4n) is 2.39. The lowest BCUT2D eigenvalue weighted by molar-refractivity contribution is -0.0232. The number of hydrogen-bond acceptors (Lipinski definition) is 3. The lowest BCUT2D eigenvalue weighted by Gasteiger charge is -2.36. The van der Waals surface area contributed by atoms with Crippen molar-refractivity contribution >= 4 is 10.0 Å². The number of ether oxygens (including phenoxy) is 1. The molecule has 1 fully saturated rings. The predicted molar refractivity (Wildman–Crippen MR) is 75.4 cm³/mol. The molecular formula is C14H21NO3S. The van der Waals surface area contributed by atoms with Gasteiger partial charge in [0, 0.05) is 12.6 Å². The maximum atomic E-state index is 12.5. The van der Waals surface area contributed by atoms with Gasteiger partial charge in [0.2, 0.25) is 10.0 Å². The van der Waals surface area contributed by atoms with E-state index in [4.69, 9.17) is 4.74 Å². The Labute approximate surface area is 115 Å². The van der Waals surface area contributed by atoms with Gasteiger partial charge < -0.3 is 4.74 Å². The molecule has 0 saturated carbocycles. The van der Waals surface area contributed by atoms with E-state index in [0.29, 0.717) is 13.2 Å². The molecule has 1 aliphatic heterocycles. The summed E-state index contributed by atoms with van der Waals surface area (Å²) in [6.07, 6.45) is -0.0546. The van der Waals surface area contributed by atoms with Gasteiger partial charge in [-0.05, 0) is 26.3 Å². The number of aryl methyl sites for hydroxylation is 1. The van der Waals surface area contributed by atoms with Crippen molar-refractivity contribution in [2.75, 3.05) is 13.2 Å². The highest BCUT2D eigenvalue weighted by molar-refractivity contribution is 7.88. The van der Waals surface area contributed by atoms with Crippen LogP contribution < -0.4 is 0 Å². The van der Waals surface area contributed by atoms with Gasteiger partial charge in [-0.15, -0.1) is 0 Å². The van der Waals surface area contributed by atoms with Crippen molar-refractivity contribution in [1.29, 1.82) is 0 Å². The third kappa shape index (κ3) is 3.35. The van der Waals surface area contributed by atoms with Gasteiger partial charge in [0.05, 0.1) is 18.5 Å². The molecule has 2 rings (SSSR count). The van der Waals surface area contributed by atoms with E-state index in [1.807, 2.05) is 45.0 Å². The quantitative estimate of drug-likeness (QED) is 0.851. The maximum absolute atomic E-state index is 12.5. The van der Waals surface area contributed by atoms with Crippen molar-refractivity contribution in [3.8, 4) is 0 Å². The highest BCUT2D eigenvalue weighted by Crippen LogP contribution is 2.20. The van der Waals surface area contributed by atoms with Crippen LogP contribution in [0.2, 0.25) is 0 Å². The molecule has 4 nitrogen and oxygen atoms in total. The second-order valence-corrected chi connectivity index (χ2v) is 7.09. The van der Waals surface area contributed by atoms with Crippen molar-refractivity contribution in [3.63, 3.8) is 0 Å². The zero-order valence-corrected chi connectivity index (χ0v) is 12.5. The van der Waals surface area contributed by atoms with Crippen molar-refractivity contribution in [2.24, 2.45) is 0 Å². The smallest absolute Gasteiger partial charge is 0.218 e. The first-order valence-electron chi connectivity index (χ1n) is 6.57. The molecule has 0 aliphatic carbocycles. The lowest BCUT2D eigenvalue weighted by atomic mass is 10.2. The summed E-state index contributed by atoms with van der Waals surface area (Å²) < 4.78 is 32.0. The molecule has 0 amide bonds. The molecule has 106 valence electrons. The highest BCUT2D eigenvalue weighted by Gasteiger charge is 2.34. The number of rotatable bonds is 3. The molecule has 1 saturated heterocycles. The molecule has 1 aliphatic rings. The lowest BCUT2D eigenvalue weighted by Crippen LogP contribution is -2.51. The van der Waals surface area contributed by atoms with E-state index in [0.717, 1.165) is 11.1 Å². The Morgan fingerprint density at radius 3 is 2.79 bits per heavy atom. The molecule has 1 aromatic rings. The van der Waals surface area contributed by atoms with Crippen molar-refractivity contribution in [2.45, 2.75) is 38.7 Å². The zero-order chi connectivity index (χ0) is 14.0. The second kappa shape index (κ2) is 5.61. The molecule has 0 bridgehead atoms. The van der Waals surface area contributed by atoms with Crippen LogP contribution in [0.3, 0.4) is 0 Å². The molecule has 0 N–H and O–H groups in total. The molecule has 5 heteroatoms. The molecule has 0 spiro atoms. The van der Waals surface area contributed by atoms with Gasteiger partial charge >= 0.3 is 0 Å². The summed E-state index contributed by atoms with van der Waals surface area (Å²) in [4.78, 5) is 0. The van der Waals surface area contributed by atoms with Crippen LogP contribution in [0.15, 0.2) is 24.3 Å². The first-order valence-corrected chi connectivity index (χ1v) is 8.18. The highest BCUT2D eigenvalue weighted by atomic mass is 32.2. The maximum Gasteiger partial charge on any atom is 0.218 e. The van der Waals surface area contributed by atoms with E-state index in [9.17, 15) is 8.42 Å². The minimum absolute atomic E-state index is 0.0546. The van der Waals surface area contributed by atoms with Crippen molar-refractivity contribution in [1.82, 2.24) is 4.31 Å². The fourth-order valence-corrected chi connectivity index (χ4v) is 4.19. The summed E-state index contributed by atoms with van der Waals surface area (Å²) in [6, 6.07) is 7.54. The van der Waals surface area contributed by atoms with Gasteiger partial charge in [-0.25, -0.2) is 8.42 Å². The van der Waals surface area contributed by atoms with Crippen molar-refractivity contribution in [3.05, 3.63) is 35.4 Å². The van der Waals surface area contributed by atoms with Crippen LogP contribution in [-0.4, -0.2) is 38.0 Å². The van der Waals surface area contributed by atoms with Crippen LogP contribution in [0.5, 0.6) is 0 Å². The van der Waals surface area contributed by atoms with E-state index in [1.165, 1.54) is 0 Å². The SMILES string of the molecule is Cc1cccc(CS(=O)(=O)N2CCOC(C)C2C)c1. The van der Waals surface area contributed by atoms with Gasteiger partial charge in [0.1, 0.15) is 0 Å². The number of morpholine rings is 1. The number of hydrogen-bond donors (Lipinski definition) is 0. The molecule has 2 unspecified atom stereocenters. The summed E-state index contributed by atoms with van der Waals surface area (Å²) in [6.45, 7) is 6.70. The summed E-state index contributed by atoms with van der Waals surface area (Å²) >= 11 is 0. The summed E-state index contributed by atoms with van der Waals surface area (Å²) in [5.41, 5.74) is 1.92.